The number of nitrogens with zero attached hydrogens (tertiary/aromatic N) is 1. The number of nitrogens with two attached hydrogens (primary N) is 1. The highest BCUT2D eigenvalue weighted by Gasteiger charge is 2.12. The maximum absolute atomic E-state index is 13.2. The zero-order chi connectivity index (χ0) is 14.7. The molecule has 0 aliphatic rings. The van der Waals surface area contributed by atoms with Gasteiger partial charge in [-0.15, -0.1) is 0 Å². The van der Waals surface area contributed by atoms with Crippen LogP contribution in [-0.4, -0.2) is 13.6 Å². The molecule has 2 N–H and O–H groups in total. The van der Waals surface area contributed by atoms with Crippen molar-refractivity contribution in [2.24, 2.45) is 5.73 Å². The van der Waals surface area contributed by atoms with Gasteiger partial charge in [-0.05, 0) is 43.2 Å². The number of rotatable bonds is 4. The molecule has 0 aliphatic heterocycles. The van der Waals surface area contributed by atoms with E-state index in [1.807, 2.05) is 13.1 Å². The van der Waals surface area contributed by atoms with Crippen molar-refractivity contribution in [2.45, 2.75) is 19.9 Å². The van der Waals surface area contributed by atoms with Crippen LogP contribution in [0.3, 0.4) is 0 Å². The van der Waals surface area contributed by atoms with Gasteiger partial charge in [0.15, 0.2) is 0 Å². The zero-order valence-corrected chi connectivity index (χ0v) is 12.2. The van der Waals surface area contributed by atoms with Crippen molar-refractivity contribution in [1.82, 2.24) is 0 Å². The minimum Gasteiger partial charge on any atom is -0.372 e. The van der Waals surface area contributed by atoms with Gasteiger partial charge in [0.05, 0.1) is 0 Å². The van der Waals surface area contributed by atoms with Crippen LogP contribution in [0.25, 0.3) is 0 Å². The van der Waals surface area contributed by atoms with E-state index in [4.69, 9.17) is 5.73 Å². The zero-order valence-electron chi connectivity index (χ0n) is 12.2. The summed E-state index contributed by atoms with van der Waals surface area (Å²) in [6.07, 6.45) is 0. The SMILES string of the molecule is Cc1ccc(N(C)CC(N)c2cccc(F)c2)c(C)c1. The summed E-state index contributed by atoms with van der Waals surface area (Å²) >= 11 is 0. The molecule has 0 amide bonds. The van der Waals surface area contributed by atoms with Crippen LogP contribution in [0, 0.1) is 19.7 Å². The summed E-state index contributed by atoms with van der Waals surface area (Å²) in [5.74, 6) is -0.243. The van der Waals surface area contributed by atoms with Crippen molar-refractivity contribution in [1.29, 1.82) is 0 Å². The monoisotopic (exact) mass is 272 g/mol. The van der Waals surface area contributed by atoms with E-state index in [9.17, 15) is 4.39 Å². The van der Waals surface area contributed by atoms with E-state index >= 15 is 0 Å². The van der Waals surface area contributed by atoms with Gasteiger partial charge in [0, 0.05) is 25.3 Å². The minimum atomic E-state index is -0.243. The van der Waals surface area contributed by atoms with Crippen LogP contribution in [-0.2, 0) is 0 Å². The fourth-order valence-corrected chi connectivity index (χ4v) is 2.47. The Morgan fingerprint density at radius 3 is 2.55 bits per heavy atom. The maximum Gasteiger partial charge on any atom is 0.123 e. The van der Waals surface area contributed by atoms with Gasteiger partial charge in [0.1, 0.15) is 5.82 Å². The summed E-state index contributed by atoms with van der Waals surface area (Å²) in [7, 11) is 2.01. The van der Waals surface area contributed by atoms with Crippen molar-refractivity contribution in [2.75, 3.05) is 18.5 Å². The summed E-state index contributed by atoms with van der Waals surface area (Å²) in [5, 5.41) is 0. The lowest BCUT2D eigenvalue weighted by atomic mass is 10.1. The molecule has 2 aromatic rings. The number of benzene rings is 2. The lowest BCUT2D eigenvalue weighted by Crippen LogP contribution is -2.29. The van der Waals surface area contributed by atoms with E-state index in [0.717, 1.165) is 11.3 Å². The van der Waals surface area contributed by atoms with Crippen molar-refractivity contribution in [3.05, 3.63) is 65.0 Å². The molecule has 0 spiro atoms. The van der Waals surface area contributed by atoms with Gasteiger partial charge in [0.2, 0.25) is 0 Å². The highest BCUT2D eigenvalue weighted by molar-refractivity contribution is 5.54. The summed E-state index contributed by atoms with van der Waals surface area (Å²) in [4.78, 5) is 2.12. The first kappa shape index (κ1) is 14.5. The molecule has 0 aromatic heterocycles. The maximum atomic E-state index is 13.2. The van der Waals surface area contributed by atoms with Crippen LogP contribution < -0.4 is 10.6 Å². The molecule has 0 heterocycles. The molecular weight excluding hydrogens is 251 g/mol. The van der Waals surface area contributed by atoms with Crippen LogP contribution in [0.2, 0.25) is 0 Å². The minimum absolute atomic E-state index is 0.212. The predicted molar refractivity (Wildman–Crippen MR) is 82.5 cm³/mol. The molecule has 0 fully saturated rings. The Kier molecular flexibility index (Phi) is 4.40. The third-order valence-corrected chi connectivity index (χ3v) is 3.51. The molecule has 3 heteroatoms. The Labute approximate surface area is 120 Å². The van der Waals surface area contributed by atoms with E-state index in [1.54, 1.807) is 6.07 Å². The summed E-state index contributed by atoms with van der Waals surface area (Å²) in [6.45, 7) is 4.81. The first-order chi connectivity index (χ1) is 9.47. The van der Waals surface area contributed by atoms with Crippen LogP contribution in [0.15, 0.2) is 42.5 Å². The Bertz CT molecular complexity index is 595. The third kappa shape index (κ3) is 3.36. The molecule has 2 nitrogen and oxygen atoms in total. The average Bonchev–Trinajstić information content (AvgIpc) is 2.38. The topological polar surface area (TPSA) is 29.3 Å². The van der Waals surface area contributed by atoms with Crippen LogP contribution in [0.4, 0.5) is 10.1 Å². The van der Waals surface area contributed by atoms with E-state index in [0.29, 0.717) is 6.54 Å². The molecule has 106 valence electrons. The number of hydrogen-bond donors (Lipinski definition) is 1. The largest absolute Gasteiger partial charge is 0.372 e. The molecule has 2 aromatic carbocycles. The molecule has 0 bridgehead atoms. The lowest BCUT2D eigenvalue weighted by Gasteiger charge is -2.25. The predicted octanol–water partition coefficient (Wildman–Crippen LogP) is 3.58. The fraction of sp³-hybridized carbons (Fsp3) is 0.294. The molecule has 1 unspecified atom stereocenters. The fourth-order valence-electron chi connectivity index (χ4n) is 2.47. The average molecular weight is 272 g/mol. The van der Waals surface area contributed by atoms with Gasteiger partial charge >= 0.3 is 0 Å². The number of likely N-dealkylation sites (N-methyl/N-ethyl adjacent to an activating group) is 1. The second-order valence-corrected chi connectivity index (χ2v) is 5.33. The van der Waals surface area contributed by atoms with Gasteiger partial charge in [0.25, 0.3) is 0 Å². The summed E-state index contributed by atoms with van der Waals surface area (Å²) < 4.78 is 13.2. The van der Waals surface area contributed by atoms with Gasteiger partial charge in [-0.2, -0.15) is 0 Å². The number of anilines is 1. The standard InChI is InChI=1S/C17H21FN2/c1-12-7-8-17(13(2)9-12)20(3)11-16(19)14-5-4-6-15(18)10-14/h4-10,16H,11,19H2,1-3H3. The molecule has 0 aliphatic carbocycles. The van der Waals surface area contributed by atoms with Crippen molar-refractivity contribution in [3.63, 3.8) is 0 Å². The van der Waals surface area contributed by atoms with Crippen molar-refractivity contribution >= 4 is 5.69 Å². The quantitative estimate of drug-likeness (QED) is 0.921. The van der Waals surface area contributed by atoms with E-state index < -0.39 is 0 Å². The summed E-state index contributed by atoms with van der Waals surface area (Å²) in [5.41, 5.74) is 10.6. The number of aryl methyl sites for hydroxylation is 2. The van der Waals surface area contributed by atoms with Gasteiger partial charge in [-0.1, -0.05) is 29.8 Å². The second kappa shape index (κ2) is 6.06. The summed E-state index contributed by atoms with van der Waals surface area (Å²) in [6, 6.07) is 12.6. The molecule has 0 saturated heterocycles. The highest BCUT2D eigenvalue weighted by Crippen LogP contribution is 2.22. The second-order valence-electron chi connectivity index (χ2n) is 5.33. The normalized spacial score (nSPS) is 12.2. The van der Waals surface area contributed by atoms with E-state index in [2.05, 4.69) is 36.9 Å². The molecule has 20 heavy (non-hydrogen) atoms. The van der Waals surface area contributed by atoms with Crippen LogP contribution in [0.1, 0.15) is 22.7 Å². The van der Waals surface area contributed by atoms with Gasteiger partial charge in [-0.25, -0.2) is 4.39 Å². The molecule has 0 radical (unpaired) electrons. The smallest absolute Gasteiger partial charge is 0.123 e. The number of halogens is 1. The third-order valence-electron chi connectivity index (χ3n) is 3.51. The Morgan fingerprint density at radius 1 is 1.15 bits per heavy atom. The first-order valence-electron chi connectivity index (χ1n) is 6.77. The highest BCUT2D eigenvalue weighted by atomic mass is 19.1. The molecule has 1 atom stereocenters. The Hall–Kier alpha value is -1.87. The van der Waals surface area contributed by atoms with Crippen molar-refractivity contribution in [3.8, 4) is 0 Å². The molecular formula is C17H21FN2. The molecule has 0 saturated carbocycles. The number of hydrogen-bond acceptors (Lipinski definition) is 2. The van der Waals surface area contributed by atoms with Gasteiger partial charge in [-0.3, -0.25) is 0 Å². The first-order valence-corrected chi connectivity index (χ1v) is 6.77. The lowest BCUT2D eigenvalue weighted by molar-refractivity contribution is 0.618. The van der Waals surface area contributed by atoms with Crippen molar-refractivity contribution < 1.29 is 4.39 Å². The molecule has 2 rings (SSSR count). The Morgan fingerprint density at radius 2 is 1.90 bits per heavy atom. The Balaban J connectivity index is 2.12. The van der Waals surface area contributed by atoms with E-state index in [-0.39, 0.29) is 11.9 Å². The van der Waals surface area contributed by atoms with Gasteiger partial charge < -0.3 is 10.6 Å². The van der Waals surface area contributed by atoms with Crippen LogP contribution >= 0.6 is 0 Å². The van der Waals surface area contributed by atoms with E-state index in [1.165, 1.54) is 23.3 Å². The van der Waals surface area contributed by atoms with Crippen LogP contribution in [0.5, 0.6) is 0 Å².